The Balaban J connectivity index is 1.24. The van der Waals surface area contributed by atoms with E-state index in [9.17, 15) is 8.42 Å². The third-order valence-corrected chi connectivity index (χ3v) is 8.88. The van der Waals surface area contributed by atoms with Crippen LogP contribution in [0.2, 0.25) is 0 Å². The van der Waals surface area contributed by atoms with Crippen LogP contribution in [0.25, 0.3) is 0 Å². The van der Waals surface area contributed by atoms with E-state index in [1.807, 2.05) is 18.5 Å². The average molecular weight is 494 g/mol. The standard InChI is InChI=1S/C24H27N7O3S/c1-15-21(12-27-23-22(15)26-8-10-34-23)31-9-6-16-11-28-24(30-19(16)13-31)29-18-3-2-7-25-20(18)14-35(32,33)17-4-5-17/h2-3,7,11-12,17,26H,4-6,8-10,13-14H2,1H3,(H,28,29,30). The van der Waals surface area contributed by atoms with Crippen molar-refractivity contribution in [2.45, 2.75) is 43.7 Å². The van der Waals surface area contributed by atoms with E-state index in [-0.39, 0.29) is 11.0 Å². The van der Waals surface area contributed by atoms with Crippen LogP contribution in [0.3, 0.4) is 0 Å². The maximum atomic E-state index is 12.5. The van der Waals surface area contributed by atoms with Gasteiger partial charge in [-0.2, -0.15) is 0 Å². The molecule has 182 valence electrons. The smallest absolute Gasteiger partial charge is 0.237 e. The molecule has 1 aliphatic carbocycles. The number of anilines is 4. The zero-order valence-corrected chi connectivity index (χ0v) is 20.3. The van der Waals surface area contributed by atoms with Crippen LogP contribution in [0, 0.1) is 6.92 Å². The number of nitrogens with zero attached hydrogens (tertiary/aromatic N) is 5. The second-order valence-corrected chi connectivity index (χ2v) is 11.5. The Bertz CT molecular complexity index is 1390. The molecule has 5 heterocycles. The Hall–Kier alpha value is -3.47. The van der Waals surface area contributed by atoms with Crippen molar-refractivity contribution >= 4 is 32.8 Å². The molecule has 3 aromatic heterocycles. The SMILES string of the molecule is Cc1c(N2CCc3cnc(Nc4cccnc4CS(=O)(=O)C4CC4)nc3C2)cnc2c1NCCO2. The predicted molar refractivity (Wildman–Crippen MR) is 133 cm³/mol. The molecular formula is C24H27N7O3S. The maximum Gasteiger partial charge on any atom is 0.237 e. The monoisotopic (exact) mass is 493 g/mol. The highest BCUT2D eigenvalue weighted by Crippen LogP contribution is 2.36. The van der Waals surface area contributed by atoms with Gasteiger partial charge in [-0.3, -0.25) is 4.98 Å². The summed E-state index contributed by atoms with van der Waals surface area (Å²) in [4.78, 5) is 20.4. The number of hydrogen-bond acceptors (Lipinski definition) is 10. The molecule has 0 aromatic carbocycles. The van der Waals surface area contributed by atoms with Crippen molar-refractivity contribution in [2.24, 2.45) is 0 Å². The minimum Gasteiger partial charge on any atom is -0.474 e. The van der Waals surface area contributed by atoms with Gasteiger partial charge in [-0.15, -0.1) is 0 Å². The molecule has 0 bridgehead atoms. The summed E-state index contributed by atoms with van der Waals surface area (Å²) in [6.07, 6.45) is 7.65. The summed E-state index contributed by atoms with van der Waals surface area (Å²) in [7, 11) is -3.19. The second-order valence-electron chi connectivity index (χ2n) is 9.19. The number of hydrogen-bond donors (Lipinski definition) is 2. The average Bonchev–Trinajstić information content (AvgIpc) is 3.72. The highest BCUT2D eigenvalue weighted by molar-refractivity contribution is 7.91. The van der Waals surface area contributed by atoms with E-state index in [1.165, 1.54) is 0 Å². The second kappa shape index (κ2) is 8.63. The Morgan fingerprint density at radius 1 is 1.23 bits per heavy atom. The Morgan fingerprint density at radius 2 is 2.11 bits per heavy atom. The fraction of sp³-hybridized carbons (Fsp3) is 0.417. The number of aromatic nitrogens is 4. The summed E-state index contributed by atoms with van der Waals surface area (Å²) in [5.74, 6) is 1.00. The Kier molecular flexibility index (Phi) is 5.43. The van der Waals surface area contributed by atoms with Crippen LogP contribution >= 0.6 is 0 Å². The topological polar surface area (TPSA) is 122 Å². The minimum atomic E-state index is -3.19. The van der Waals surface area contributed by atoms with E-state index < -0.39 is 9.84 Å². The van der Waals surface area contributed by atoms with Crippen LogP contribution in [0.1, 0.15) is 35.4 Å². The van der Waals surface area contributed by atoms with Crippen molar-refractivity contribution in [2.75, 3.05) is 35.2 Å². The lowest BCUT2D eigenvalue weighted by molar-refractivity contribution is 0.310. The lowest BCUT2D eigenvalue weighted by atomic mass is 10.0. The highest BCUT2D eigenvalue weighted by atomic mass is 32.2. The van der Waals surface area contributed by atoms with Crippen molar-refractivity contribution in [1.29, 1.82) is 0 Å². The zero-order valence-electron chi connectivity index (χ0n) is 19.5. The number of fused-ring (bicyclic) bond motifs is 2. The van der Waals surface area contributed by atoms with E-state index in [0.29, 0.717) is 36.4 Å². The van der Waals surface area contributed by atoms with Crippen LogP contribution in [0.15, 0.2) is 30.7 Å². The summed E-state index contributed by atoms with van der Waals surface area (Å²) < 4.78 is 30.7. The quantitative estimate of drug-likeness (QED) is 0.530. The van der Waals surface area contributed by atoms with Gasteiger partial charge in [-0.1, -0.05) is 0 Å². The lowest BCUT2D eigenvalue weighted by Gasteiger charge is -2.32. The predicted octanol–water partition coefficient (Wildman–Crippen LogP) is 2.76. The third kappa shape index (κ3) is 4.36. The van der Waals surface area contributed by atoms with Crippen molar-refractivity contribution in [3.8, 4) is 5.88 Å². The Morgan fingerprint density at radius 3 is 2.97 bits per heavy atom. The van der Waals surface area contributed by atoms with Gasteiger partial charge in [0.05, 0.1) is 46.5 Å². The number of nitrogens with one attached hydrogen (secondary N) is 2. The molecule has 0 radical (unpaired) electrons. The van der Waals surface area contributed by atoms with Crippen molar-refractivity contribution in [3.05, 3.63) is 53.2 Å². The van der Waals surface area contributed by atoms with Gasteiger partial charge >= 0.3 is 0 Å². The molecule has 1 fully saturated rings. The van der Waals surface area contributed by atoms with E-state index in [0.717, 1.165) is 60.5 Å². The number of pyridine rings is 2. The van der Waals surface area contributed by atoms with Gasteiger partial charge in [0.2, 0.25) is 11.8 Å². The number of sulfone groups is 1. The molecule has 3 aliphatic rings. The largest absolute Gasteiger partial charge is 0.474 e. The van der Waals surface area contributed by atoms with Gasteiger partial charge in [0.1, 0.15) is 12.3 Å². The molecule has 1 saturated carbocycles. The molecule has 35 heavy (non-hydrogen) atoms. The van der Waals surface area contributed by atoms with Gasteiger partial charge in [0, 0.05) is 31.0 Å². The first-order valence-corrected chi connectivity index (χ1v) is 13.6. The van der Waals surface area contributed by atoms with Gasteiger partial charge in [-0.05, 0) is 43.9 Å². The molecule has 2 N–H and O–H groups in total. The van der Waals surface area contributed by atoms with Crippen LogP contribution in [-0.2, 0) is 28.6 Å². The molecule has 11 heteroatoms. The molecule has 6 rings (SSSR count). The van der Waals surface area contributed by atoms with Crippen molar-refractivity contribution in [1.82, 2.24) is 19.9 Å². The minimum absolute atomic E-state index is 0.0814. The number of rotatable bonds is 6. The first-order valence-electron chi connectivity index (χ1n) is 11.9. The van der Waals surface area contributed by atoms with Crippen LogP contribution in [0.4, 0.5) is 23.0 Å². The van der Waals surface area contributed by atoms with Gasteiger partial charge in [0.25, 0.3) is 0 Å². The van der Waals surface area contributed by atoms with E-state index in [4.69, 9.17) is 9.72 Å². The summed E-state index contributed by atoms with van der Waals surface area (Å²) in [6.45, 7) is 4.94. The van der Waals surface area contributed by atoms with Crippen molar-refractivity contribution < 1.29 is 13.2 Å². The normalized spacial score (nSPS) is 17.1. The molecule has 0 atom stereocenters. The first kappa shape index (κ1) is 22.0. The van der Waals surface area contributed by atoms with Crippen LogP contribution in [-0.4, -0.2) is 53.3 Å². The summed E-state index contributed by atoms with van der Waals surface area (Å²) >= 11 is 0. The molecular weight excluding hydrogens is 466 g/mol. The van der Waals surface area contributed by atoms with E-state index in [2.05, 4.69) is 37.4 Å². The molecule has 10 nitrogen and oxygen atoms in total. The highest BCUT2D eigenvalue weighted by Gasteiger charge is 2.36. The molecule has 2 aliphatic heterocycles. The van der Waals surface area contributed by atoms with Crippen LogP contribution < -0.4 is 20.3 Å². The summed E-state index contributed by atoms with van der Waals surface area (Å²) in [6, 6.07) is 3.59. The fourth-order valence-electron chi connectivity index (χ4n) is 4.62. The zero-order chi connectivity index (χ0) is 24.0. The molecule has 0 saturated heterocycles. The lowest BCUT2D eigenvalue weighted by Crippen LogP contribution is -2.32. The van der Waals surface area contributed by atoms with Crippen molar-refractivity contribution in [3.63, 3.8) is 0 Å². The third-order valence-electron chi connectivity index (χ3n) is 6.71. The van der Waals surface area contributed by atoms with Gasteiger partial charge in [0.15, 0.2) is 9.84 Å². The summed E-state index contributed by atoms with van der Waals surface area (Å²) in [5, 5.41) is 6.37. The first-order chi connectivity index (χ1) is 17.0. The maximum absolute atomic E-state index is 12.5. The summed E-state index contributed by atoms with van der Waals surface area (Å²) in [5.41, 5.74) is 6.28. The van der Waals surface area contributed by atoms with Gasteiger partial charge < -0.3 is 20.3 Å². The molecule has 0 amide bonds. The van der Waals surface area contributed by atoms with Gasteiger partial charge in [-0.25, -0.2) is 23.4 Å². The van der Waals surface area contributed by atoms with E-state index in [1.54, 1.807) is 12.3 Å². The van der Waals surface area contributed by atoms with Crippen LogP contribution in [0.5, 0.6) is 5.88 Å². The molecule has 0 spiro atoms. The number of ether oxygens (including phenoxy) is 1. The molecule has 0 unspecified atom stereocenters. The fourth-order valence-corrected chi connectivity index (χ4v) is 6.32. The van der Waals surface area contributed by atoms with E-state index >= 15 is 0 Å². The Labute approximate surface area is 204 Å². The molecule has 3 aromatic rings.